The Morgan fingerprint density at radius 1 is 1.40 bits per heavy atom. The number of carbonyl (C=O) groups is 1. The minimum atomic E-state index is -0.538. The Balaban J connectivity index is 1.83. The molecule has 1 heterocycles. The minimum absolute atomic E-state index is 0.111. The van der Waals surface area contributed by atoms with Gasteiger partial charge in [-0.1, -0.05) is 13.3 Å². The molecule has 2 aromatic rings. The van der Waals surface area contributed by atoms with Gasteiger partial charge in [0.2, 0.25) is 0 Å². The van der Waals surface area contributed by atoms with Crippen LogP contribution in [0.15, 0.2) is 30.9 Å². The van der Waals surface area contributed by atoms with E-state index in [1.807, 2.05) is 0 Å². The fourth-order valence-electron chi connectivity index (χ4n) is 3.32. The van der Waals surface area contributed by atoms with Gasteiger partial charge in [-0.25, -0.2) is 14.5 Å². The van der Waals surface area contributed by atoms with E-state index in [2.05, 4.69) is 17.0 Å². The van der Waals surface area contributed by atoms with Crippen molar-refractivity contribution < 1.29 is 14.5 Å². The Labute approximate surface area is 145 Å². The number of esters is 1. The summed E-state index contributed by atoms with van der Waals surface area (Å²) in [6, 6.07) is 4.25. The highest BCUT2D eigenvalue weighted by molar-refractivity contribution is 5.91. The van der Waals surface area contributed by atoms with Crippen molar-refractivity contribution in [3.63, 3.8) is 0 Å². The van der Waals surface area contributed by atoms with E-state index in [1.165, 1.54) is 35.5 Å². The Bertz CT molecular complexity index is 760. The van der Waals surface area contributed by atoms with Crippen LogP contribution in [0.3, 0.4) is 0 Å². The minimum Gasteiger partial charge on any atom is -0.458 e. The largest absolute Gasteiger partial charge is 0.458 e. The maximum Gasteiger partial charge on any atom is 0.338 e. The Morgan fingerprint density at radius 2 is 2.20 bits per heavy atom. The van der Waals surface area contributed by atoms with E-state index in [9.17, 15) is 14.9 Å². The molecule has 1 saturated carbocycles. The summed E-state index contributed by atoms with van der Waals surface area (Å²) < 4.78 is 6.94. The molecule has 1 aromatic carbocycles. The van der Waals surface area contributed by atoms with E-state index < -0.39 is 10.9 Å². The molecular formula is C17H20N4O4. The van der Waals surface area contributed by atoms with Gasteiger partial charge in [-0.05, 0) is 43.7 Å². The summed E-state index contributed by atoms with van der Waals surface area (Å²) in [7, 11) is 0. The smallest absolute Gasteiger partial charge is 0.338 e. The molecule has 1 aromatic heterocycles. The van der Waals surface area contributed by atoms with Crippen molar-refractivity contribution in [2.75, 3.05) is 0 Å². The highest BCUT2D eigenvalue weighted by Crippen LogP contribution is 2.30. The number of aromatic nitrogens is 3. The van der Waals surface area contributed by atoms with Crippen LogP contribution in [0.1, 0.15) is 49.4 Å². The van der Waals surface area contributed by atoms with Crippen LogP contribution in [0.4, 0.5) is 5.69 Å². The summed E-state index contributed by atoms with van der Waals surface area (Å²) in [4.78, 5) is 27.1. The third-order valence-electron chi connectivity index (χ3n) is 4.70. The molecule has 1 aliphatic carbocycles. The second-order valence-electron chi connectivity index (χ2n) is 6.20. The molecule has 2 atom stereocenters. The molecule has 3 rings (SSSR count). The van der Waals surface area contributed by atoms with E-state index in [-0.39, 0.29) is 23.0 Å². The first-order chi connectivity index (χ1) is 12.1. The van der Waals surface area contributed by atoms with Gasteiger partial charge in [-0.2, -0.15) is 5.10 Å². The molecule has 0 amide bonds. The molecule has 2 unspecified atom stereocenters. The van der Waals surface area contributed by atoms with Gasteiger partial charge in [0, 0.05) is 6.07 Å². The van der Waals surface area contributed by atoms with Crippen molar-refractivity contribution in [2.45, 2.75) is 45.1 Å². The van der Waals surface area contributed by atoms with Crippen LogP contribution in [0, 0.1) is 16.0 Å². The van der Waals surface area contributed by atoms with Crippen molar-refractivity contribution in [3.8, 4) is 5.69 Å². The number of nitrogens with zero attached hydrogens (tertiary/aromatic N) is 4. The molecule has 0 N–H and O–H groups in total. The fraction of sp³-hybridized carbons (Fsp3) is 0.471. The SMILES string of the molecule is CCC1CCCCC1OC(=O)c1ccc(-n2cncn2)c([N+](=O)[O-])c1. The van der Waals surface area contributed by atoms with Crippen LogP contribution >= 0.6 is 0 Å². The van der Waals surface area contributed by atoms with E-state index >= 15 is 0 Å². The first kappa shape index (κ1) is 17.1. The lowest BCUT2D eigenvalue weighted by molar-refractivity contribution is -0.384. The van der Waals surface area contributed by atoms with Crippen molar-refractivity contribution in [1.82, 2.24) is 14.8 Å². The summed E-state index contributed by atoms with van der Waals surface area (Å²) in [5, 5.41) is 15.3. The predicted octanol–water partition coefficient (Wildman–Crippen LogP) is 3.30. The van der Waals surface area contributed by atoms with Gasteiger partial charge in [-0.15, -0.1) is 0 Å². The molecule has 132 valence electrons. The number of hydrogen-bond donors (Lipinski definition) is 0. The number of carbonyl (C=O) groups excluding carboxylic acids is 1. The van der Waals surface area contributed by atoms with Crippen LogP contribution in [-0.4, -0.2) is 31.8 Å². The van der Waals surface area contributed by atoms with Gasteiger partial charge in [-0.3, -0.25) is 10.1 Å². The van der Waals surface area contributed by atoms with Crippen LogP contribution in [0.2, 0.25) is 0 Å². The zero-order chi connectivity index (χ0) is 17.8. The molecule has 0 saturated heterocycles. The molecular weight excluding hydrogens is 324 g/mol. The number of benzene rings is 1. The average molecular weight is 344 g/mol. The molecule has 8 heteroatoms. The lowest BCUT2D eigenvalue weighted by Gasteiger charge is -2.30. The van der Waals surface area contributed by atoms with E-state index in [1.54, 1.807) is 0 Å². The van der Waals surface area contributed by atoms with Crippen LogP contribution in [0.5, 0.6) is 0 Å². The number of rotatable bonds is 5. The molecule has 25 heavy (non-hydrogen) atoms. The molecule has 8 nitrogen and oxygen atoms in total. The normalized spacial score (nSPS) is 20.2. The van der Waals surface area contributed by atoms with Crippen LogP contribution in [-0.2, 0) is 4.74 Å². The summed E-state index contributed by atoms with van der Waals surface area (Å²) in [6.45, 7) is 2.09. The average Bonchev–Trinajstić information content (AvgIpc) is 3.16. The molecule has 0 radical (unpaired) electrons. The lowest BCUT2D eigenvalue weighted by Crippen LogP contribution is -2.29. The summed E-state index contributed by atoms with van der Waals surface area (Å²) in [5.41, 5.74) is 0.217. The maximum absolute atomic E-state index is 12.5. The highest BCUT2D eigenvalue weighted by Gasteiger charge is 2.28. The van der Waals surface area contributed by atoms with E-state index in [0.29, 0.717) is 5.92 Å². The first-order valence-electron chi connectivity index (χ1n) is 8.44. The van der Waals surface area contributed by atoms with Crippen molar-refractivity contribution in [2.24, 2.45) is 5.92 Å². The number of hydrogen-bond acceptors (Lipinski definition) is 6. The zero-order valence-corrected chi connectivity index (χ0v) is 14.0. The van der Waals surface area contributed by atoms with Crippen LogP contribution in [0.25, 0.3) is 5.69 Å². The summed E-state index contributed by atoms with van der Waals surface area (Å²) in [6.07, 6.45) is 7.62. The Morgan fingerprint density at radius 3 is 2.88 bits per heavy atom. The summed E-state index contributed by atoms with van der Waals surface area (Å²) in [5.74, 6) is -0.152. The highest BCUT2D eigenvalue weighted by atomic mass is 16.6. The van der Waals surface area contributed by atoms with E-state index in [0.717, 1.165) is 32.1 Å². The third-order valence-corrected chi connectivity index (χ3v) is 4.70. The molecule has 0 spiro atoms. The molecule has 0 bridgehead atoms. The van der Waals surface area contributed by atoms with Crippen molar-refractivity contribution in [1.29, 1.82) is 0 Å². The lowest BCUT2D eigenvalue weighted by atomic mass is 9.85. The quantitative estimate of drug-likeness (QED) is 0.469. The monoisotopic (exact) mass is 344 g/mol. The second-order valence-corrected chi connectivity index (χ2v) is 6.20. The van der Waals surface area contributed by atoms with Gasteiger partial charge in [0.15, 0.2) is 0 Å². The topological polar surface area (TPSA) is 100 Å². The van der Waals surface area contributed by atoms with Gasteiger partial charge < -0.3 is 4.74 Å². The Hall–Kier alpha value is -2.77. The van der Waals surface area contributed by atoms with Crippen molar-refractivity contribution >= 4 is 11.7 Å². The van der Waals surface area contributed by atoms with E-state index in [4.69, 9.17) is 4.74 Å². The molecule has 1 fully saturated rings. The third kappa shape index (κ3) is 3.67. The molecule has 1 aliphatic rings. The predicted molar refractivity (Wildman–Crippen MR) is 89.5 cm³/mol. The number of nitro groups is 1. The standard InChI is InChI=1S/C17H20N4O4/c1-2-12-5-3-4-6-16(12)25-17(22)13-7-8-14(15(9-13)21(23)24)20-11-18-10-19-20/h7-12,16H,2-6H2,1H3. The molecule has 0 aliphatic heterocycles. The zero-order valence-electron chi connectivity index (χ0n) is 14.0. The second kappa shape index (κ2) is 7.42. The van der Waals surface area contributed by atoms with Gasteiger partial charge >= 0.3 is 5.97 Å². The van der Waals surface area contributed by atoms with Gasteiger partial charge in [0.05, 0.1) is 10.5 Å². The van der Waals surface area contributed by atoms with Crippen LogP contribution < -0.4 is 0 Å². The van der Waals surface area contributed by atoms with Crippen molar-refractivity contribution in [3.05, 3.63) is 46.5 Å². The van der Waals surface area contributed by atoms with Gasteiger partial charge in [0.25, 0.3) is 5.69 Å². The number of ether oxygens (including phenoxy) is 1. The number of nitro benzene ring substituents is 1. The first-order valence-corrected chi connectivity index (χ1v) is 8.44. The fourth-order valence-corrected chi connectivity index (χ4v) is 3.32. The Kier molecular flexibility index (Phi) is 5.06. The summed E-state index contributed by atoms with van der Waals surface area (Å²) >= 11 is 0. The van der Waals surface area contributed by atoms with Gasteiger partial charge in [0.1, 0.15) is 24.4 Å². The maximum atomic E-state index is 12.5.